The number of hydrogen-bond acceptors (Lipinski definition) is 4. The van der Waals surface area contributed by atoms with Crippen LogP contribution in [-0.2, 0) is 20.2 Å². The number of fused-ring (bicyclic) bond motifs is 1. The van der Waals surface area contributed by atoms with E-state index in [9.17, 15) is 9.90 Å². The molecule has 0 amide bonds. The monoisotopic (exact) mass is 324 g/mol. The quantitative estimate of drug-likeness (QED) is 0.861. The van der Waals surface area contributed by atoms with E-state index in [4.69, 9.17) is 9.78 Å². The van der Waals surface area contributed by atoms with Crippen molar-refractivity contribution < 1.29 is 19.7 Å². The SMILES string of the molecule is CC12CC(c3ccccc3)(c3ccccc3)OOC1(O)CCC2=O. The highest BCUT2D eigenvalue weighted by Crippen LogP contribution is 2.57. The van der Waals surface area contributed by atoms with Gasteiger partial charge in [-0.05, 0) is 18.1 Å². The molecule has 124 valence electrons. The van der Waals surface area contributed by atoms with Gasteiger partial charge in [-0.15, -0.1) is 0 Å². The topological polar surface area (TPSA) is 55.8 Å². The number of benzene rings is 2. The van der Waals surface area contributed by atoms with Gasteiger partial charge in [-0.25, -0.2) is 4.89 Å². The van der Waals surface area contributed by atoms with Crippen molar-refractivity contribution in [1.29, 1.82) is 0 Å². The summed E-state index contributed by atoms with van der Waals surface area (Å²) in [5.41, 5.74) is -0.126. The highest BCUT2D eigenvalue weighted by molar-refractivity contribution is 5.88. The molecule has 0 radical (unpaired) electrons. The molecule has 1 aliphatic carbocycles. The highest BCUT2D eigenvalue weighted by atomic mass is 17.2. The minimum atomic E-state index is -1.56. The van der Waals surface area contributed by atoms with E-state index in [-0.39, 0.29) is 12.2 Å². The zero-order valence-corrected chi connectivity index (χ0v) is 13.6. The lowest BCUT2D eigenvalue weighted by atomic mass is 9.68. The smallest absolute Gasteiger partial charge is 0.212 e. The Morgan fingerprint density at radius 3 is 2.00 bits per heavy atom. The van der Waals surface area contributed by atoms with Crippen molar-refractivity contribution in [3.8, 4) is 0 Å². The summed E-state index contributed by atoms with van der Waals surface area (Å²) in [6.45, 7) is 1.78. The van der Waals surface area contributed by atoms with Gasteiger partial charge in [-0.1, -0.05) is 60.7 Å². The fourth-order valence-electron chi connectivity index (χ4n) is 3.97. The Morgan fingerprint density at radius 2 is 1.46 bits per heavy atom. The summed E-state index contributed by atoms with van der Waals surface area (Å²) in [6, 6.07) is 19.5. The predicted octanol–water partition coefficient (Wildman–Crippen LogP) is 3.34. The number of rotatable bonds is 2. The molecule has 24 heavy (non-hydrogen) atoms. The maximum Gasteiger partial charge on any atom is 0.212 e. The van der Waals surface area contributed by atoms with Crippen molar-refractivity contribution in [3.63, 3.8) is 0 Å². The van der Waals surface area contributed by atoms with Crippen LogP contribution in [0.4, 0.5) is 0 Å². The molecule has 1 N–H and O–H groups in total. The molecule has 1 saturated heterocycles. The van der Waals surface area contributed by atoms with Crippen LogP contribution in [0.15, 0.2) is 60.7 Å². The number of ketones is 1. The summed E-state index contributed by atoms with van der Waals surface area (Å²) >= 11 is 0. The fourth-order valence-corrected chi connectivity index (χ4v) is 3.97. The molecule has 2 fully saturated rings. The Morgan fingerprint density at radius 1 is 0.917 bits per heavy atom. The normalized spacial score (nSPS) is 31.7. The van der Waals surface area contributed by atoms with Crippen LogP contribution in [0.1, 0.15) is 37.3 Å². The van der Waals surface area contributed by atoms with Crippen LogP contribution in [0, 0.1) is 5.41 Å². The number of aliphatic hydroxyl groups is 1. The minimum Gasteiger partial charge on any atom is -0.362 e. The average Bonchev–Trinajstić information content (AvgIpc) is 2.86. The van der Waals surface area contributed by atoms with Crippen molar-refractivity contribution in [2.75, 3.05) is 0 Å². The van der Waals surface area contributed by atoms with Gasteiger partial charge in [0.1, 0.15) is 5.78 Å². The molecule has 1 aliphatic heterocycles. The molecule has 1 saturated carbocycles. The first-order valence-corrected chi connectivity index (χ1v) is 8.24. The molecule has 4 rings (SSSR count). The van der Waals surface area contributed by atoms with Crippen LogP contribution in [0.25, 0.3) is 0 Å². The van der Waals surface area contributed by atoms with Gasteiger partial charge < -0.3 is 5.11 Å². The molecule has 2 aromatic rings. The molecule has 2 aliphatic rings. The lowest BCUT2D eigenvalue weighted by Crippen LogP contribution is -2.57. The van der Waals surface area contributed by atoms with Crippen molar-refractivity contribution in [2.24, 2.45) is 5.41 Å². The summed E-state index contributed by atoms with van der Waals surface area (Å²) in [4.78, 5) is 24.0. The second kappa shape index (κ2) is 5.24. The number of hydrogen-bond donors (Lipinski definition) is 1. The third-order valence-electron chi connectivity index (χ3n) is 5.57. The largest absolute Gasteiger partial charge is 0.362 e. The maximum absolute atomic E-state index is 12.6. The number of Topliss-reactive ketones (excluding diaryl/α,β-unsaturated/α-hetero) is 1. The van der Waals surface area contributed by atoms with Gasteiger partial charge in [0.05, 0.1) is 5.41 Å². The van der Waals surface area contributed by atoms with E-state index < -0.39 is 16.8 Å². The first-order chi connectivity index (χ1) is 11.5. The Bertz CT molecular complexity index is 718. The second-order valence-corrected chi connectivity index (χ2v) is 6.94. The molecule has 2 aromatic carbocycles. The highest BCUT2D eigenvalue weighted by Gasteiger charge is 2.66. The Balaban J connectivity index is 1.89. The van der Waals surface area contributed by atoms with Crippen LogP contribution >= 0.6 is 0 Å². The predicted molar refractivity (Wildman–Crippen MR) is 87.7 cm³/mol. The summed E-state index contributed by atoms with van der Waals surface area (Å²) < 4.78 is 0. The van der Waals surface area contributed by atoms with Gasteiger partial charge in [0.15, 0.2) is 5.60 Å². The van der Waals surface area contributed by atoms with E-state index in [2.05, 4.69) is 0 Å². The molecule has 1 heterocycles. The zero-order valence-electron chi connectivity index (χ0n) is 13.6. The van der Waals surface area contributed by atoms with Crippen LogP contribution in [0.2, 0.25) is 0 Å². The fraction of sp³-hybridized carbons (Fsp3) is 0.350. The van der Waals surface area contributed by atoms with Crippen molar-refractivity contribution in [1.82, 2.24) is 0 Å². The molecule has 4 heteroatoms. The average molecular weight is 324 g/mol. The van der Waals surface area contributed by atoms with E-state index in [0.29, 0.717) is 12.8 Å². The third kappa shape index (κ3) is 2.00. The summed E-state index contributed by atoms with van der Waals surface area (Å²) in [6.07, 6.45) is 0.904. The third-order valence-corrected chi connectivity index (χ3v) is 5.57. The van der Waals surface area contributed by atoms with E-state index >= 15 is 0 Å². The van der Waals surface area contributed by atoms with E-state index in [1.165, 1.54) is 0 Å². The minimum absolute atomic E-state index is 0.0181. The summed E-state index contributed by atoms with van der Waals surface area (Å²) in [5.74, 6) is -1.54. The van der Waals surface area contributed by atoms with E-state index in [1.54, 1.807) is 6.92 Å². The standard InChI is InChI=1S/C20H20O4/c1-18-14-19(15-8-4-2-5-9-15,16-10-6-3-7-11-16)23-24-20(18,22)13-12-17(18)21/h2-11,22H,12-14H2,1H3. The maximum atomic E-state index is 12.6. The van der Waals surface area contributed by atoms with E-state index in [1.807, 2.05) is 60.7 Å². The Kier molecular flexibility index (Phi) is 3.39. The Labute approximate surface area is 141 Å². The van der Waals surface area contributed by atoms with Gasteiger partial charge in [0, 0.05) is 19.3 Å². The van der Waals surface area contributed by atoms with Crippen molar-refractivity contribution in [2.45, 2.75) is 37.6 Å². The van der Waals surface area contributed by atoms with Crippen LogP contribution < -0.4 is 0 Å². The van der Waals surface area contributed by atoms with Crippen LogP contribution in [-0.4, -0.2) is 16.7 Å². The molecule has 4 nitrogen and oxygen atoms in total. The molecule has 2 atom stereocenters. The first kappa shape index (κ1) is 15.5. The lowest BCUT2D eigenvalue weighted by Gasteiger charge is -2.49. The Hall–Kier alpha value is -2.01. The van der Waals surface area contributed by atoms with Gasteiger partial charge in [-0.3, -0.25) is 4.79 Å². The molecule has 0 spiro atoms. The van der Waals surface area contributed by atoms with Gasteiger partial charge in [0.2, 0.25) is 5.79 Å². The summed E-state index contributed by atoms with van der Waals surface area (Å²) in [5, 5.41) is 10.8. The van der Waals surface area contributed by atoms with Gasteiger partial charge >= 0.3 is 0 Å². The summed E-state index contributed by atoms with van der Waals surface area (Å²) in [7, 11) is 0. The molecular formula is C20H20O4. The van der Waals surface area contributed by atoms with Gasteiger partial charge in [-0.2, -0.15) is 4.89 Å². The van der Waals surface area contributed by atoms with Gasteiger partial charge in [0.25, 0.3) is 0 Å². The van der Waals surface area contributed by atoms with Crippen molar-refractivity contribution in [3.05, 3.63) is 71.8 Å². The first-order valence-electron chi connectivity index (χ1n) is 8.24. The second-order valence-electron chi connectivity index (χ2n) is 6.94. The van der Waals surface area contributed by atoms with Crippen molar-refractivity contribution >= 4 is 5.78 Å². The molecule has 2 unspecified atom stereocenters. The molecule has 0 aromatic heterocycles. The lowest BCUT2D eigenvalue weighted by molar-refractivity contribution is -0.503. The molecule has 0 bridgehead atoms. The molecular weight excluding hydrogens is 304 g/mol. The zero-order chi connectivity index (χ0) is 16.8. The number of carbonyl (C=O) groups is 1. The number of carbonyl (C=O) groups excluding carboxylic acids is 1. The van der Waals surface area contributed by atoms with Crippen LogP contribution in [0.5, 0.6) is 0 Å². The van der Waals surface area contributed by atoms with E-state index in [0.717, 1.165) is 11.1 Å². The van der Waals surface area contributed by atoms with Crippen LogP contribution in [0.3, 0.4) is 0 Å².